The largest absolute Gasteiger partial charge is 0.474 e. The summed E-state index contributed by atoms with van der Waals surface area (Å²) in [7, 11) is -3.23. The number of benzene rings is 1. The summed E-state index contributed by atoms with van der Waals surface area (Å²) in [4.78, 5) is 8.50. The predicted molar refractivity (Wildman–Crippen MR) is 90.0 cm³/mol. The molecule has 0 fully saturated rings. The van der Waals surface area contributed by atoms with E-state index in [1.165, 1.54) is 18.3 Å². The molecule has 0 unspecified atom stereocenters. The Bertz CT molecular complexity index is 856. The molecule has 24 heavy (non-hydrogen) atoms. The number of rotatable bonds is 6. The Morgan fingerprint density at radius 1 is 1.29 bits per heavy atom. The van der Waals surface area contributed by atoms with Crippen molar-refractivity contribution in [2.24, 2.45) is 0 Å². The summed E-state index contributed by atoms with van der Waals surface area (Å²) in [5.74, 6) is 0.514. The molecule has 2 rings (SSSR count). The molecular formula is C16H18N4O3S. The quantitative estimate of drug-likeness (QED) is 0.857. The van der Waals surface area contributed by atoms with Crippen LogP contribution < -0.4 is 10.1 Å². The molecule has 126 valence electrons. The fourth-order valence-electron chi connectivity index (χ4n) is 1.86. The molecule has 0 radical (unpaired) electrons. The van der Waals surface area contributed by atoms with Crippen molar-refractivity contribution in [1.29, 1.82) is 5.26 Å². The van der Waals surface area contributed by atoms with Gasteiger partial charge in [0.15, 0.2) is 9.84 Å². The average Bonchev–Trinajstić information content (AvgIpc) is 2.55. The van der Waals surface area contributed by atoms with Crippen LogP contribution in [0.4, 0.5) is 11.6 Å². The van der Waals surface area contributed by atoms with Gasteiger partial charge in [-0.05, 0) is 38.1 Å². The molecule has 0 aliphatic carbocycles. The summed E-state index contributed by atoms with van der Waals surface area (Å²) < 4.78 is 29.1. The van der Waals surface area contributed by atoms with Crippen LogP contribution in [0, 0.1) is 11.3 Å². The van der Waals surface area contributed by atoms with Crippen LogP contribution in [0.2, 0.25) is 0 Å². The van der Waals surface area contributed by atoms with Gasteiger partial charge in [0.1, 0.15) is 11.6 Å². The van der Waals surface area contributed by atoms with Gasteiger partial charge in [0, 0.05) is 5.69 Å². The Labute approximate surface area is 141 Å². The first-order valence-electron chi connectivity index (χ1n) is 7.39. The number of nitrogens with zero attached hydrogens (tertiary/aromatic N) is 3. The van der Waals surface area contributed by atoms with Gasteiger partial charge in [0.2, 0.25) is 11.8 Å². The second-order valence-corrected chi connectivity index (χ2v) is 7.52. The molecule has 1 aromatic heterocycles. The summed E-state index contributed by atoms with van der Waals surface area (Å²) in [6, 6.07) is 8.29. The van der Waals surface area contributed by atoms with E-state index in [2.05, 4.69) is 15.3 Å². The lowest BCUT2D eigenvalue weighted by Gasteiger charge is -2.11. The third-order valence-corrected chi connectivity index (χ3v) is 4.82. The molecule has 8 heteroatoms. The van der Waals surface area contributed by atoms with Crippen LogP contribution in [0.1, 0.15) is 26.3 Å². The van der Waals surface area contributed by atoms with E-state index in [0.29, 0.717) is 5.69 Å². The Hall–Kier alpha value is -2.66. The molecule has 1 N–H and O–H groups in total. The highest BCUT2D eigenvalue weighted by atomic mass is 32.2. The van der Waals surface area contributed by atoms with Gasteiger partial charge in [-0.25, -0.2) is 13.4 Å². The van der Waals surface area contributed by atoms with Crippen LogP contribution in [-0.4, -0.2) is 30.2 Å². The monoisotopic (exact) mass is 346 g/mol. The van der Waals surface area contributed by atoms with E-state index in [4.69, 9.17) is 10.00 Å². The third-order valence-electron chi connectivity index (χ3n) is 3.07. The lowest BCUT2D eigenvalue weighted by atomic mass is 10.3. The van der Waals surface area contributed by atoms with Crippen LogP contribution in [0.15, 0.2) is 35.4 Å². The Morgan fingerprint density at radius 2 is 1.96 bits per heavy atom. The summed E-state index contributed by atoms with van der Waals surface area (Å²) in [5, 5.41) is 12.0. The second-order valence-electron chi connectivity index (χ2n) is 5.24. The molecule has 0 aliphatic rings. The van der Waals surface area contributed by atoms with Crippen LogP contribution in [-0.2, 0) is 9.84 Å². The van der Waals surface area contributed by atoms with Crippen LogP contribution in [0.25, 0.3) is 0 Å². The molecule has 0 atom stereocenters. The fourth-order valence-corrected chi connectivity index (χ4v) is 2.74. The molecule has 0 spiro atoms. The zero-order valence-corrected chi connectivity index (χ0v) is 14.5. The number of hydrogen-bond donors (Lipinski definition) is 1. The lowest BCUT2D eigenvalue weighted by molar-refractivity contribution is 0.232. The van der Waals surface area contributed by atoms with Crippen LogP contribution in [0.3, 0.4) is 0 Å². The van der Waals surface area contributed by atoms with Gasteiger partial charge in [-0.1, -0.05) is 6.92 Å². The molecule has 0 amide bonds. The second kappa shape index (κ2) is 7.27. The van der Waals surface area contributed by atoms with Gasteiger partial charge >= 0.3 is 0 Å². The molecular weight excluding hydrogens is 328 g/mol. The third kappa shape index (κ3) is 4.20. The van der Waals surface area contributed by atoms with Crippen LogP contribution >= 0.6 is 0 Å². The van der Waals surface area contributed by atoms with E-state index < -0.39 is 9.84 Å². The van der Waals surface area contributed by atoms with E-state index in [-0.39, 0.29) is 34.1 Å². The number of nitrogens with one attached hydrogen (secondary N) is 1. The van der Waals surface area contributed by atoms with Gasteiger partial charge in [0.25, 0.3) is 0 Å². The summed E-state index contributed by atoms with van der Waals surface area (Å²) >= 11 is 0. The van der Waals surface area contributed by atoms with Crippen molar-refractivity contribution in [1.82, 2.24) is 9.97 Å². The predicted octanol–water partition coefficient (Wildman–Crippen LogP) is 2.67. The number of sulfone groups is 1. The molecule has 1 heterocycles. The highest BCUT2D eigenvalue weighted by Crippen LogP contribution is 2.21. The normalized spacial score (nSPS) is 11.1. The average molecular weight is 346 g/mol. The van der Waals surface area contributed by atoms with E-state index in [0.717, 1.165) is 0 Å². The molecule has 0 aliphatic heterocycles. The number of nitriles is 1. The number of aromatic nitrogens is 2. The van der Waals surface area contributed by atoms with E-state index in [1.54, 1.807) is 19.1 Å². The minimum atomic E-state index is -3.23. The number of anilines is 2. The first kappa shape index (κ1) is 17.7. The smallest absolute Gasteiger partial charge is 0.236 e. The van der Waals surface area contributed by atoms with E-state index in [9.17, 15) is 8.42 Å². The SMILES string of the molecule is CCS(=O)(=O)c1ccc(Nc2ncc(C#N)c(OC(C)C)n2)cc1. The van der Waals surface area contributed by atoms with Gasteiger partial charge in [0.05, 0.1) is 22.9 Å². The number of ether oxygens (including phenoxy) is 1. The van der Waals surface area contributed by atoms with Crippen molar-refractivity contribution < 1.29 is 13.2 Å². The fraction of sp³-hybridized carbons (Fsp3) is 0.312. The van der Waals surface area contributed by atoms with Crippen molar-refractivity contribution in [2.75, 3.05) is 11.1 Å². The summed E-state index contributed by atoms with van der Waals surface area (Å²) in [6.07, 6.45) is 1.25. The first-order valence-corrected chi connectivity index (χ1v) is 9.04. The molecule has 0 bridgehead atoms. The van der Waals surface area contributed by atoms with Gasteiger partial charge in [-0.15, -0.1) is 0 Å². The standard InChI is InChI=1S/C16H18N4O3S/c1-4-24(21,22)14-7-5-13(6-8-14)19-16-18-10-12(9-17)15(20-16)23-11(2)3/h5-8,10-11H,4H2,1-3H3,(H,18,19,20). The first-order chi connectivity index (χ1) is 11.4. The molecule has 0 saturated heterocycles. The van der Waals surface area contributed by atoms with Gasteiger partial charge in [-0.3, -0.25) is 0 Å². The Balaban J connectivity index is 2.24. The highest BCUT2D eigenvalue weighted by molar-refractivity contribution is 7.91. The van der Waals surface area contributed by atoms with Crippen molar-refractivity contribution in [3.05, 3.63) is 36.0 Å². The summed E-state index contributed by atoms with van der Waals surface area (Å²) in [5.41, 5.74) is 0.879. The van der Waals surface area contributed by atoms with E-state index >= 15 is 0 Å². The summed E-state index contributed by atoms with van der Waals surface area (Å²) in [6.45, 7) is 5.27. The maximum Gasteiger partial charge on any atom is 0.236 e. The van der Waals surface area contributed by atoms with Gasteiger partial charge < -0.3 is 10.1 Å². The molecule has 1 aromatic carbocycles. The van der Waals surface area contributed by atoms with Crippen molar-refractivity contribution in [3.63, 3.8) is 0 Å². The zero-order valence-electron chi connectivity index (χ0n) is 13.6. The minimum absolute atomic E-state index is 0.0500. The molecule has 7 nitrogen and oxygen atoms in total. The Morgan fingerprint density at radius 3 is 2.50 bits per heavy atom. The van der Waals surface area contributed by atoms with E-state index in [1.807, 2.05) is 19.9 Å². The van der Waals surface area contributed by atoms with Gasteiger partial charge in [-0.2, -0.15) is 10.2 Å². The number of hydrogen-bond acceptors (Lipinski definition) is 7. The van der Waals surface area contributed by atoms with Crippen molar-refractivity contribution >= 4 is 21.5 Å². The maximum atomic E-state index is 11.8. The lowest BCUT2D eigenvalue weighted by Crippen LogP contribution is -2.10. The highest BCUT2D eigenvalue weighted by Gasteiger charge is 2.12. The maximum absolute atomic E-state index is 11.8. The molecule has 0 saturated carbocycles. The molecule has 2 aromatic rings. The van der Waals surface area contributed by atoms with Crippen molar-refractivity contribution in [2.45, 2.75) is 31.8 Å². The van der Waals surface area contributed by atoms with Crippen molar-refractivity contribution in [3.8, 4) is 11.9 Å². The Kier molecular flexibility index (Phi) is 5.36. The van der Waals surface area contributed by atoms with Crippen LogP contribution in [0.5, 0.6) is 5.88 Å². The topological polar surface area (TPSA) is 105 Å². The zero-order chi connectivity index (χ0) is 17.7. The minimum Gasteiger partial charge on any atom is -0.474 e.